The number of furan rings is 1. The molecule has 0 bridgehead atoms. The zero-order valence-electron chi connectivity index (χ0n) is 12.6. The number of hydrogen-bond donors (Lipinski definition) is 0. The summed E-state index contributed by atoms with van der Waals surface area (Å²) in [5.74, 6) is 2.88. The summed E-state index contributed by atoms with van der Waals surface area (Å²) in [6, 6.07) is 13.4. The molecule has 0 unspecified atom stereocenters. The number of hydrogen-bond acceptors (Lipinski definition) is 4. The highest BCUT2D eigenvalue weighted by molar-refractivity contribution is 8.27. The van der Waals surface area contributed by atoms with E-state index >= 15 is 0 Å². The van der Waals surface area contributed by atoms with E-state index in [1.165, 1.54) is 18.2 Å². The van der Waals surface area contributed by atoms with E-state index in [1.807, 2.05) is 42.5 Å². The van der Waals surface area contributed by atoms with Crippen molar-refractivity contribution in [3.05, 3.63) is 58.9 Å². The maximum atomic E-state index is 12.6. The van der Waals surface area contributed by atoms with Crippen molar-refractivity contribution in [2.24, 2.45) is 5.92 Å². The van der Waals surface area contributed by atoms with Gasteiger partial charge in [0.15, 0.2) is 4.32 Å². The van der Waals surface area contributed by atoms with Gasteiger partial charge in [-0.25, -0.2) is 0 Å². The fourth-order valence-electron chi connectivity index (χ4n) is 2.76. The smallest absolute Gasteiger partial charge is 0.270 e. The van der Waals surface area contributed by atoms with Crippen LogP contribution in [0.1, 0.15) is 30.8 Å². The summed E-state index contributed by atoms with van der Waals surface area (Å²) in [4.78, 5) is 14.8. The molecule has 116 valence electrons. The van der Waals surface area contributed by atoms with Gasteiger partial charge >= 0.3 is 0 Å². The van der Waals surface area contributed by atoms with Gasteiger partial charge in [0.05, 0.1) is 10.6 Å². The van der Waals surface area contributed by atoms with E-state index in [9.17, 15) is 4.79 Å². The molecule has 2 fully saturated rings. The van der Waals surface area contributed by atoms with Crippen LogP contribution in [-0.4, -0.2) is 10.2 Å². The Morgan fingerprint density at radius 3 is 2.70 bits per heavy atom. The highest BCUT2D eigenvalue weighted by Gasteiger charge is 2.37. The maximum absolute atomic E-state index is 12.6. The lowest BCUT2D eigenvalue weighted by atomic mass is 10.2. The van der Waals surface area contributed by atoms with Gasteiger partial charge in [-0.05, 0) is 36.6 Å². The van der Waals surface area contributed by atoms with E-state index < -0.39 is 0 Å². The molecular weight excluding hydrogens is 326 g/mol. The van der Waals surface area contributed by atoms with Crippen LogP contribution in [0.2, 0.25) is 0 Å². The van der Waals surface area contributed by atoms with E-state index in [-0.39, 0.29) is 5.91 Å². The third-order valence-electron chi connectivity index (χ3n) is 4.20. The van der Waals surface area contributed by atoms with Crippen molar-refractivity contribution in [1.82, 2.24) is 0 Å². The van der Waals surface area contributed by atoms with Gasteiger partial charge in [-0.2, -0.15) is 0 Å². The topological polar surface area (TPSA) is 33.5 Å². The first-order valence-electron chi connectivity index (χ1n) is 7.56. The number of carbonyl (C=O) groups is 1. The predicted octanol–water partition coefficient (Wildman–Crippen LogP) is 4.81. The summed E-state index contributed by atoms with van der Waals surface area (Å²) >= 11 is 6.68. The van der Waals surface area contributed by atoms with E-state index in [0.29, 0.717) is 26.8 Å². The molecule has 5 heteroatoms. The van der Waals surface area contributed by atoms with Crippen LogP contribution >= 0.6 is 24.0 Å². The lowest BCUT2D eigenvalue weighted by Crippen LogP contribution is -2.27. The van der Waals surface area contributed by atoms with Gasteiger partial charge in [0, 0.05) is 12.0 Å². The minimum atomic E-state index is -0.0936. The Labute approximate surface area is 144 Å². The maximum Gasteiger partial charge on any atom is 0.270 e. The van der Waals surface area contributed by atoms with Crippen LogP contribution in [0.4, 0.5) is 5.69 Å². The molecule has 1 aliphatic heterocycles. The van der Waals surface area contributed by atoms with Crippen LogP contribution in [0, 0.1) is 5.92 Å². The van der Waals surface area contributed by atoms with Crippen LogP contribution in [0.15, 0.2) is 51.8 Å². The van der Waals surface area contributed by atoms with Gasteiger partial charge in [-0.3, -0.25) is 9.69 Å². The molecule has 3 nitrogen and oxygen atoms in total. The van der Waals surface area contributed by atoms with Crippen LogP contribution in [-0.2, 0) is 4.79 Å². The monoisotopic (exact) mass is 341 g/mol. The SMILES string of the molecule is C[C@@H]1C[C@H]1c1ccc(/C=C2\SC(=S)N(c3ccccc3)C2=O)o1. The molecular formula is C18H15NO2S2. The number of anilines is 1. The average molecular weight is 341 g/mol. The van der Waals surface area contributed by atoms with Crippen molar-refractivity contribution in [3.63, 3.8) is 0 Å². The molecule has 1 amide bonds. The number of nitrogens with zero attached hydrogens (tertiary/aromatic N) is 1. The van der Waals surface area contributed by atoms with Crippen molar-refractivity contribution < 1.29 is 9.21 Å². The molecule has 2 aliphatic rings. The lowest BCUT2D eigenvalue weighted by Gasteiger charge is -2.13. The normalized spacial score (nSPS) is 25.4. The average Bonchev–Trinajstić information content (AvgIpc) is 2.98. The molecule has 1 aromatic heterocycles. The quantitative estimate of drug-likeness (QED) is 0.593. The van der Waals surface area contributed by atoms with Crippen molar-refractivity contribution in [1.29, 1.82) is 0 Å². The molecule has 1 saturated heterocycles. The largest absolute Gasteiger partial charge is 0.461 e. The van der Waals surface area contributed by atoms with Crippen molar-refractivity contribution in [2.75, 3.05) is 4.90 Å². The van der Waals surface area contributed by atoms with Crippen LogP contribution < -0.4 is 4.90 Å². The number of para-hydroxylation sites is 1. The van der Waals surface area contributed by atoms with E-state index in [1.54, 1.807) is 11.0 Å². The Morgan fingerprint density at radius 2 is 2.00 bits per heavy atom. The van der Waals surface area contributed by atoms with Crippen molar-refractivity contribution >= 4 is 46.0 Å². The highest BCUT2D eigenvalue weighted by atomic mass is 32.2. The van der Waals surface area contributed by atoms with Crippen LogP contribution in [0.3, 0.4) is 0 Å². The van der Waals surface area contributed by atoms with E-state index in [4.69, 9.17) is 16.6 Å². The lowest BCUT2D eigenvalue weighted by molar-refractivity contribution is -0.113. The van der Waals surface area contributed by atoms with Crippen molar-refractivity contribution in [3.8, 4) is 0 Å². The third-order valence-corrected chi connectivity index (χ3v) is 5.51. The Balaban J connectivity index is 1.59. The summed E-state index contributed by atoms with van der Waals surface area (Å²) in [6.45, 7) is 2.22. The minimum Gasteiger partial charge on any atom is -0.461 e. The number of thioether (sulfide) groups is 1. The number of benzene rings is 1. The number of rotatable bonds is 3. The van der Waals surface area contributed by atoms with Gasteiger partial charge in [0.25, 0.3) is 5.91 Å². The van der Waals surface area contributed by atoms with Gasteiger partial charge < -0.3 is 4.42 Å². The summed E-state index contributed by atoms with van der Waals surface area (Å²) in [5, 5.41) is 0. The Kier molecular flexibility index (Phi) is 3.62. The molecule has 4 rings (SSSR count). The summed E-state index contributed by atoms with van der Waals surface area (Å²) in [7, 11) is 0. The molecule has 2 aromatic rings. The van der Waals surface area contributed by atoms with E-state index in [0.717, 1.165) is 11.4 Å². The third kappa shape index (κ3) is 2.75. The number of thiocarbonyl (C=S) groups is 1. The first-order valence-corrected chi connectivity index (χ1v) is 8.78. The molecule has 23 heavy (non-hydrogen) atoms. The van der Waals surface area contributed by atoms with Gasteiger partial charge in [0.2, 0.25) is 0 Å². The van der Waals surface area contributed by atoms with Crippen LogP contribution in [0.5, 0.6) is 0 Å². The zero-order valence-corrected chi connectivity index (χ0v) is 14.2. The number of carbonyl (C=O) groups excluding carboxylic acids is 1. The second-order valence-corrected chi connectivity index (χ2v) is 7.59. The van der Waals surface area contributed by atoms with Crippen LogP contribution in [0.25, 0.3) is 6.08 Å². The Bertz CT molecular complexity index is 809. The predicted molar refractivity (Wildman–Crippen MR) is 97.3 cm³/mol. The first-order chi connectivity index (χ1) is 11.1. The second-order valence-electron chi connectivity index (χ2n) is 5.91. The fraction of sp³-hybridized carbons (Fsp3) is 0.222. The summed E-state index contributed by atoms with van der Waals surface area (Å²) in [6.07, 6.45) is 2.97. The van der Waals surface area contributed by atoms with Gasteiger partial charge in [-0.1, -0.05) is 49.1 Å². The van der Waals surface area contributed by atoms with E-state index in [2.05, 4.69) is 6.92 Å². The molecule has 1 aromatic carbocycles. The summed E-state index contributed by atoms with van der Waals surface area (Å²) < 4.78 is 6.41. The Hall–Kier alpha value is -1.85. The standard InChI is InChI=1S/C18H15NO2S2/c1-11-9-14(11)15-8-7-13(21-15)10-16-17(20)19(18(22)23-16)12-5-3-2-4-6-12/h2-8,10-11,14H,9H2,1H3/b16-10-/t11-,14-/m1/s1. The minimum absolute atomic E-state index is 0.0936. The summed E-state index contributed by atoms with van der Waals surface area (Å²) in [5.41, 5.74) is 0.797. The molecule has 1 aliphatic carbocycles. The molecule has 0 radical (unpaired) electrons. The zero-order chi connectivity index (χ0) is 16.0. The Morgan fingerprint density at radius 1 is 1.26 bits per heavy atom. The molecule has 0 spiro atoms. The molecule has 1 saturated carbocycles. The van der Waals surface area contributed by atoms with Crippen molar-refractivity contribution in [2.45, 2.75) is 19.3 Å². The second kappa shape index (κ2) is 5.65. The van der Waals surface area contributed by atoms with Gasteiger partial charge in [0.1, 0.15) is 11.5 Å². The molecule has 2 atom stereocenters. The highest BCUT2D eigenvalue weighted by Crippen LogP contribution is 2.47. The molecule has 0 N–H and O–H groups in total. The number of amides is 1. The molecule has 2 heterocycles. The fourth-order valence-corrected chi connectivity index (χ4v) is 4.04. The van der Waals surface area contributed by atoms with Gasteiger partial charge in [-0.15, -0.1) is 0 Å². The first kappa shape index (κ1) is 14.7.